The molecule has 4 heteroatoms. The van der Waals surface area contributed by atoms with E-state index in [1.54, 1.807) is 6.07 Å². The van der Waals surface area contributed by atoms with Crippen LogP contribution in [0.15, 0.2) is 22.7 Å². The molecule has 0 unspecified atom stereocenters. The molecule has 0 saturated carbocycles. The smallest absolute Gasteiger partial charge is 0.126 e. The van der Waals surface area contributed by atoms with Gasteiger partial charge in [0, 0.05) is 11.1 Å². The number of halogens is 2. The van der Waals surface area contributed by atoms with Gasteiger partial charge in [-0.1, -0.05) is 15.9 Å². The third kappa shape index (κ3) is 5.05. The van der Waals surface area contributed by atoms with Crippen LogP contribution in [0.1, 0.15) is 18.4 Å². The van der Waals surface area contributed by atoms with Crippen LogP contribution in [0, 0.1) is 5.82 Å². The highest BCUT2D eigenvalue weighted by molar-refractivity contribution is 9.10. The lowest BCUT2D eigenvalue weighted by Gasteiger charge is -2.05. The summed E-state index contributed by atoms with van der Waals surface area (Å²) in [5.74, 6) is -0.152. The number of hydrogen-bond donors (Lipinski definition) is 2. The second-order valence-electron chi connectivity index (χ2n) is 3.67. The maximum Gasteiger partial charge on any atom is 0.126 e. The van der Waals surface area contributed by atoms with E-state index < -0.39 is 0 Å². The molecule has 0 heterocycles. The first-order valence-electron chi connectivity index (χ1n) is 5.49. The lowest BCUT2D eigenvalue weighted by atomic mass is 10.1. The molecule has 0 fully saturated rings. The minimum Gasteiger partial charge on any atom is -0.396 e. The average molecular weight is 290 g/mol. The van der Waals surface area contributed by atoms with Gasteiger partial charge in [0.2, 0.25) is 0 Å². The molecule has 0 aliphatic carbocycles. The Morgan fingerprint density at radius 1 is 1.25 bits per heavy atom. The van der Waals surface area contributed by atoms with Crippen molar-refractivity contribution in [2.24, 2.45) is 0 Å². The Bertz CT molecular complexity index is 320. The first-order chi connectivity index (χ1) is 7.74. The second kappa shape index (κ2) is 7.76. The van der Waals surface area contributed by atoms with Crippen LogP contribution >= 0.6 is 15.9 Å². The van der Waals surface area contributed by atoms with Crippen LogP contribution in [0.4, 0.5) is 4.39 Å². The van der Waals surface area contributed by atoms with Crippen LogP contribution in [0.25, 0.3) is 0 Å². The summed E-state index contributed by atoms with van der Waals surface area (Å²) in [6, 6.07) is 4.99. The van der Waals surface area contributed by atoms with Gasteiger partial charge in [0.05, 0.1) is 0 Å². The second-order valence-corrected chi connectivity index (χ2v) is 4.58. The van der Waals surface area contributed by atoms with Crippen LogP contribution in [0.3, 0.4) is 0 Å². The molecular formula is C12H17BrFNO. The molecule has 0 atom stereocenters. The van der Waals surface area contributed by atoms with E-state index in [-0.39, 0.29) is 12.4 Å². The van der Waals surface area contributed by atoms with Crippen LogP contribution in [0.2, 0.25) is 0 Å². The molecule has 1 aromatic rings. The van der Waals surface area contributed by atoms with Gasteiger partial charge in [-0.25, -0.2) is 4.39 Å². The number of hydrogen-bond acceptors (Lipinski definition) is 2. The molecule has 0 aliphatic heterocycles. The highest BCUT2D eigenvalue weighted by atomic mass is 79.9. The van der Waals surface area contributed by atoms with Crippen molar-refractivity contribution in [3.63, 3.8) is 0 Å². The average Bonchev–Trinajstić information content (AvgIpc) is 2.28. The lowest BCUT2D eigenvalue weighted by Crippen LogP contribution is -2.19. The lowest BCUT2D eigenvalue weighted by molar-refractivity contribution is 0.284. The molecule has 2 N–H and O–H groups in total. The fraction of sp³-hybridized carbons (Fsp3) is 0.500. The van der Waals surface area contributed by atoms with Gasteiger partial charge in [-0.3, -0.25) is 0 Å². The Kier molecular flexibility index (Phi) is 6.61. The van der Waals surface area contributed by atoms with E-state index in [1.807, 2.05) is 6.07 Å². The van der Waals surface area contributed by atoms with Crippen LogP contribution in [0.5, 0.6) is 0 Å². The maximum absolute atomic E-state index is 13.3. The molecule has 2 nitrogen and oxygen atoms in total. The van der Waals surface area contributed by atoms with Gasteiger partial charge in [0.1, 0.15) is 5.82 Å². The van der Waals surface area contributed by atoms with E-state index in [0.29, 0.717) is 6.42 Å². The summed E-state index contributed by atoms with van der Waals surface area (Å²) in [6.07, 6.45) is 2.46. The van der Waals surface area contributed by atoms with E-state index in [2.05, 4.69) is 21.2 Å². The number of nitrogens with one attached hydrogen (secondary N) is 1. The minimum atomic E-state index is -0.152. The number of benzene rings is 1. The molecule has 16 heavy (non-hydrogen) atoms. The minimum absolute atomic E-state index is 0.152. The zero-order valence-corrected chi connectivity index (χ0v) is 10.8. The van der Waals surface area contributed by atoms with Crippen molar-refractivity contribution in [1.29, 1.82) is 0 Å². The van der Waals surface area contributed by atoms with E-state index in [1.165, 1.54) is 6.07 Å². The summed E-state index contributed by atoms with van der Waals surface area (Å²) in [6.45, 7) is 1.87. The van der Waals surface area contributed by atoms with Crippen molar-refractivity contribution in [1.82, 2.24) is 5.32 Å². The van der Waals surface area contributed by atoms with Crippen molar-refractivity contribution in [2.75, 3.05) is 19.7 Å². The maximum atomic E-state index is 13.3. The number of aliphatic hydroxyl groups excluding tert-OH is 1. The van der Waals surface area contributed by atoms with Gasteiger partial charge in [-0.15, -0.1) is 0 Å². The highest BCUT2D eigenvalue weighted by Gasteiger charge is 2.01. The van der Waals surface area contributed by atoms with Gasteiger partial charge in [0.15, 0.2) is 0 Å². The molecule has 0 amide bonds. The molecule has 0 aliphatic rings. The summed E-state index contributed by atoms with van der Waals surface area (Å²) in [5, 5.41) is 11.8. The molecular weight excluding hydrogens is 273 g/mol. The Balaban J connectivity index is 2.23. The van der Waals surface area contributed by atoms with Gasteiger partial charge in [0.25, 0.3) is 0 Å². The van der Waals surface area contributed by atoms with Crippen molar-refractivity contribution < 1.29 is 9.50 Å². The molecule has 1 rings (SSSR count). The van der Waals surface area contributed by atoms with Crippen LogP contribution < -0.4 is 5.32 Å². The molecule has 0 saturated heterocycles. The van der Waals surface area contributed by atoms with Crippen LogP contribution in [-0.4, -0.2) is 24.8 Å². The predicted molar refractivity (Wildman–Crippen MR) is 67.0 cm³/mol. The summed E-state index contributed by atoms with van der Waals surface area (Å²) < 4.78 is 14.2. The SMILES string of the molecule is OCCCCNCCc1cc(Br)ccc1F. The van der Waals surface area contributed by atoms with Gasteiger partial charge >= 0.3 is 0 Å². The Hall–Kier alpha value is -0.450. The normalized spacial score (nSPS) is 10.7. The number of rotatable bonds is 7. The van der Waals surface area contributed by atoms with Crippen molar-refractivity contribution in [3.05, 3.63) is 34.1 Å². The first-order valence-corrected chi connectivity index (χ1v) is 6.29. The van der Waals surface area contributed by atoms with E-state index in [0.717, 1.165) is 36.0 Å². The fourth-order valence-corrected chi connectivity index (χ4v) is 1.85. The quantitative estimate of drug-likeness (QED) is 0.756. The van der Waals surface area contributed by atoms with E-state index in [9.17, 15) is 4.39 Å². The summed E-state index contributed by atoms with van der Waals surface area (Å²) in [4.78, 5) is 0. The Morgan fingerprint density at radius 2 is 2.06 bits per heavy atom. The van der Waals surface area contributed by atoms with Gasteiger partial charge < -0.3 is 10.4 Å². The zero-order chi connectivity index (χ0) is 11.8. The molecule has 0 bridgehead atoms. The molecule has 0 aromatic heterocycles. The summed E-state index contributed by atoms with van der Waals surface area (Å²) >= 11 is 3.32. The van der Waals surface area contributed by atoms with Crippen LogP contribution in [-0.2, 0) is 6.42 Å². The molecule has 0 radical (unpaired) electrons. The summed E-state index contributed by atoms with van der Waals surface area (Å²) in [5.41, 5.74) is 0.726. The van der Waals surface area contributed by atoms with Gasteiger partial charge in [-0.05, 0) is 56.1 Å². The fourth-order valence-electron chi connectivity index (χ4n) is 1.44. The third-order valence-corrected chi connectivity index (χ3v) is 2.83. The predicted octanol–water partition coefficient (Wildman–Crippen LogP) is 2.49. The third-order valence-electron chi connectivity index (χ3n) is 2.34. The van der Waals surface area contributed by atoms with E-state index in [4.69, 9.17) is 5.11 Å². The first kappa shape index (κ1) is 13.6. The van der Waals surface area contributed by atoms with Crippen molar-refractivity contribution >= 4 is 15.9 Å². The van der Waals surface area contributed by atoms with E-state index >= 15 is 0 Å². The number of unbranched alkanes of at least 4 members (excludes halogenated alkanes) is 1. The molecule has 1 aromatic carbocycles. The van der Waals surface area contributed by atoms with Crippen molar-refractivity contribution in [2.45, 2.75) is 19.3 Å². The highest BCUT2D eigenvalue weighted by Crippen LogP contribution is 2.15. The summed E-state index contributed by atoms with van der Waals surface area (Å²) in [7, 11) is 0. The molecule has 90 valence electrons. The number of aliphatic hydroxyl groups is 1. The molecule has 0 spiro atoms. The van der Waals surface area contributed by atoms with Crippen molar-refractivity contribution in [3.8, 4) is 0 Å². The monoisotopic (exact) mass is 289 g/mol. The van der Waals surface area contributed by atoms with Gasteiger partial charge in [-0.2, -0.15) is 0 Å². The Morgan fingerprint density at radius 3 is 2.81 bits per heavy atom. The Labute approximate surface area is 104 Å². The topological polar surface area (TPSA) is 32.3 Å². The largest absolute Gasteiger partial charge is 0.396 e. The standard InChI is InChI=1S/C12H17BrFNO/c13-11-3-4-12(14)10(9-11)5-7-15-6-1-2-8-16/h3-4,9,15-16H,1-2,5-8H2. The zero-order valence-electron chi connectivity index (χ0n) is 9.18.